The summed E-state index contributed by atoms with van der Waals surface area (Å²) in [6.45, 7) is 1.92. The number of hydrogen-bond donors (Lipinski definition) is 2. The van der Waals surface area contributed by atoms with Gasteiger partial charge in [-0.15, -0.1) is 0 Å². The van der Waals surface area contributed by atoms with Crippen LogP contribution in [0.25, 0.3) is 0 Å². The van der Waals surface area contributed by atoms with Gasteiger partial charge in [0.2, 0.25) is 0 Å². The maximum absolute atomic E-state index is 14.0. The monoisotopic (exact) mass is 319 g/mol. The molecule has 2 aromatic rings. The minimum absolute atomic E-state index is 0.105. The molecule has 2 N–H and O–H groups in total. The zero-order valence-electron chi connectivity index (χ0n) is 12.7. The molecule has 2 rings (SSSR count). The fraction of sp³-hybridized carbons (Fsp3) is 0.235. The Morgan fingerprint density at radius 3 is 2.61 bits per heavy atom. The smallest absolute Gasteiger partial charge is 0.404 e. The highest BCUT2D eigenvalue weighted by molar-refractivity contribution is 5.64. The molecule has 0 saturated carbocycles. The Labute approximate surface area is 133 Å². The van der Waals surface area contributed by atoms with Crippen molar-refractivity contribution in [3.63, 3.8) is 0 Å². The summed E-state index contributed by atoms with van der Waals surface area (Å²) in [7, 11) is 0. The van der Waals surface area contributed by atoms with E-state index in [9.17, 15) is 9.18 Å². The minimum atomic E-state index is -1.09. The molecule has 5 nitrogen and oxygen atoms in total. The van der Waals surface area contributed by atoms with Crippen LogP contribution in [0.15, 0.2) is 48.5 Å². The Morgan fingerprint density at radius 1 is 1.22 bits per heavy atom. The summed E-state index contributed by atoms with van der Waals surface area (Å²) in [5.41, 5.74) is 0. The van der Waals surface area contributed by atoms with Crippen LogP contribution in [0.3, 0.4) is 0 Å². The number of amides is 1. The van der Waals surface area contributed by atoms with Gasteiger partial charge in [0.25, 0.3) is 0 Å². The predicted octanol–water partition coefficient (Wildman–Crippen LogP) is 4.04. The SMILES string of the molecule is CC(CCOc1ccc(Oc2ccccc2)cc1F)NC(=O)O. The molecule has 1 atom stereocenters. The molecule has 0 saturated heterocycles. The van der Waals surface area contributed by atoms with E-state index in [-0.39, 0.29) is 18.4 Å². The third-order valence-electron chi connectivity index (χ3n) is 3.06. The Kier molecular flexibility index (Phi) is 5.80. The summed E-state index contributed by atoms with van der Waals surface area (Å²) in [5.74, 6) is 0.571. The number of benzene rings is 2. The highest BCUT2D eigenvalue weighted by atomic mass is 19.1. The van der Waals surface area contributed by atoms with Crippen LogP contribution >= 0.6 is 0 Å². The lowest BCUT2D eigenvalue weighted by atomic mass is 10.2. The summed E-state index contributed by atoms with van der Waals surface area (Å²) < 4.78 is 24.8. The number of halogens is 1. The lowest BCUT2D eigenvalue weighted by molar-refractivity contribution is 0.187. The van der Waals surface area contributed by atoms with Crippen molar-refractivity contribution in [1.82, 2.24) is 5.32 Å². The highest BCUT2D eigenvalue weighted by Crippen LogP contribution is 2.26. The number of para-hydroxylation sites is 1. The number of carbonyl (C=O) groups is 1. The summed E-state index contributed by atoms with van der Waals surface area (Å²) in [6, 6.07) is 13.2. The average Bonchev–Trinajstić information content (AvgIpc) is 2.50. The molecule has 6 heteroatoms. The van der Waals surface area contributed by atoms with Crippen molar-refractivity contribution in [3.8, 4) is 17.2 Å². The zero-order valence-corrected chi connectivity index (χ0v) is 12.7. The van der Waals surface area contributed by atoms with Gasteiger partial charge in [-0.25, -0.2) is 9.18 Å². The standard InChI is InChI=1S/C17H18FNO4/c1-12(19-17(20)21)9-10-22-16-8-7-14(11-15(16)18)23-13-5-3-2-4-6-13/h2-8,11-12,19H,9-10H2,1H3,(H,20,21). The molecular weight excluding hydrogens is 301 g/mol. The molecule has 0 radical (unpaired) electrons. The van der Waals surface area contributed by atoms with Gasteiger partial charge in [0, 0.05) is 18.5 Å². The van der Waals surface area contributed by atoms with Gasteiger partial charge in [-0.05, 0) is 31.2 Å². The minimum Gasteiger partial charge on any atom is -0.490 e. The normalized spacial score (nSPS) is 11.6. The second kappa shape index (κ2) is 8.03. The Balaban J connectivity index is 1.88. The zero-order chi connectivity index (χ0) is 16.7. The molecule has 1 amide bonds. The van der Waals surface area contributed by atoms with Crippen LogP contribution in [0.2, 0.25) is 0 Å². The number of carboxylic acid groups (broad SMARTS) is 1. The molecule has 0 fully saturated rings. The molecule has 0 aliphatic carbocycles. The van der Waals surface area contributed by atoms with Crippen molar-refractivity contribution in [2.45, 2.75) is 19.4 Å². The van der Waals surface area contributed by atoms with Gasteiger partial charge >= 0.3 is 6.09 Å². The quantitative estimate of drug-likeness (QED) is 0.808. The molecule has 23 heavy (non-hydrogen) atoms. The highest BCUT2D eigenvalue weighted by Gasteiger charge is 2.09. The molecule has 0 heterocycles. The van der Waals surface area contributed by atoms with Gasteiger partial charge in [-0.1, -0.05) is 18.2 Å². The largest absolute Gasteiger partial charge is 0.490 e. The van der Waals surface area contributed by atoms with E-state index in [2.05, 4.69) is 5.32 Å². The maximum Gasteiger partial charge on any atom is 0.404 e. The Hall–Kier alpha value is -2.76. The average molecular weight is 319 g/mol. The topological polar surface area (TPSA) is 67.8 Å². The van der Waals surface area contributed by atoms with Crippen molar-refractivity contribution in [2.75, 3.05) is 6.61 Å². The second-order valence-electron chi connectivity index (χ2n) is 5.00. The molecule has 0 aliphatic rings. The van der Waals surface area contributed by atoms with Crippen LogP contribution in [0.4, 0.5) is 9.18 Å². The number of rotatable bonds is 7. The van der Waals surface area contributed by atoms with Crippen LogP contribution in [-0.2, 0) is 0 Å². The van der Waals surface area contributed by atoms with Crippen molar-refractivity contribution < 1.29 is 23.8 Å². The van der Waals surface area contributed by atoms with E-state index in [0.29, 0.717) is 17.9 Å². The summed E-state index contributed by atoms with van der Waals surface area (Å²) in [4.78, 5) is 10.5. The van der Waals surface area contributed by atoms with Gasteiger partial charge in [0.15, 0.2) is 11.6 Å². The fourth-order valence-corrected chi connectivity index (χ4v) is 1.92. The van der Waals surface area contributed by atoms with E-state index in [0.717, 1.165) is 0 Å². The van der Waals surface area contributed by atoms with Crippen LogP contribution in [0, 0.1) is 5.82 Å². The van der Waals surface area contributed by atoms with Crippen molar-refractivity contribution in [1.29, 1.82) is 0 Å². The van der Waals surface area contributed by atoms with Crippen LogP contribution in [0.1, 0.15) is 13.3 Å². The van der Waals surface area contributed by atoms with E-state index in [4.69, 9.17) is 14.6 Å². The first-order valence-corrected chi connectivity index (χ1v) is 7.19. The molecule has 1 unspecified atom stereocenters. The van der Waals surface area contributed by atoms with E-state index in [1.807, 2.05) is 18.2 Å². The second-order valence-corrected chi connectivity index (χ2v) is 5.00. The molecular formula is C17H18FNO4. The van der Waals surface area contributed by atoms with E-state index < -0.39 is 11.9 Å². The predicted molar refractivity (Wildman–Crippen MR) is 83.7 cm³/mol. The van der Waals surface area contributed by atoms with Crippen LogP contribution in [-0.4, -0.2) is 23.8 Å². The number of ether oxygens (including phenoxy) is 2. The first-order chi connectivity index (χ1) is 11.0. The van der Waals surface area contributed by atoms with E-state index in [1.165, 1.54) is 12.1 Å². The first kappa shape index (κ1) is 16.6. The van der Waals surface area contributed by atoms with Crippen LogP contribution < -0.4 is 14.8 Å². The van der Waals surface area contributed by atoms with E-state index in [1.54, 1.807) is 25.1 Å². The Bertz CT molecular complexity index is 648. The summed E-state index contributed by atoms with van der Waals surface area (Å²) >= 11 is 0. The first-order valence-electron chi connectivity index (χ1n) is 7.19. The lowest BCUT2D eigenvalue weighted by Gasteiger charge is -2.13. The molecule has 0 aliphatic heterocycles. The number of hydrogen-bond acceptors (Lipinski definition) is 3. The molecule has 2 aromatic carbocycles. The maximum atomic E-state index is 14.0. The van der Waals surface area contributed by atoms with E-state index >= 15 is 0 Å². The number of nitrogens with one attached hydrogen (secondary N) is 1. The van der Waals surface area contributed by atoms with Gasteiger partial charge in [-0.3, -0.25) is 0 Å². The van der Waals surface area contributed by atoms with Crippen molar-refractivity contribution in [3.05, 3.63) is 54.3 Å². The van der Waals surface area contributed by atoms with Crippen molar-refractivity contribution >= 4 is 6.09 Å². The fourth-order valence-electron chi connectivity index (χ4n) is 1.92. The van der Waals surface area contributed by atoms with Crippen LogP contribution in [0.5, 0.6) is 17.2 Å². The summed E-state index contributed by atoms with van der Waals surface area (Å²) in [6.07, 6.45) is -0.653. The van der Waals surface area contributed by atoms with Gasteiger partial charge < -0.3 is 19.9 Å². The molecule has 0 aromatic heterocycles. The van der Waals surface area contributed by atoms with Gasteiger partial charge in [-0.2, -0.15) is 0 Å². The lowest BCUT2D eigenvalue weighted by Crippen LogP contribution is -2.32. The molecule has 0 bridgehead atoms. The Morgan fingerprint density at radius 2 is 1.96 bits per heavy atom. The van der Waals surface area contributed by atoms with Gasteiger partial charge in [0.05, 0.1) is 6.61 Å². The van der Waals surface area contributed by atoms with Crippen molar-refractivity contribution in [2.24, 2.45) is 0 Å². The third-order valence-corrected chi connectivity index (χ3v) is 3.06. The third kappa shape index (κ3) is 5.50. The molecule has 0 spiro atoms. The summed E-state index contributed by atoms with van der Waals surface area (Å²) in [5, 5.41) is 10.9. The molecule has 122 valence electrons. The van der Waals surface area contributed by atoms with Gasteiger partial charge in [0.1, 0.15) is 11.5 Å².